The summed E-state index contributed by atoms with van der Waals surface area (Å²) in [5.74, 6) is 0.300. The van der Waals surface area contributed by atoms with Crippen molar-refractivity contribution < 1.29 is 9.53 Å². The van der Waals surface area contributed by atoms with E-state index in [1.54, 1.807) is 25.3 Å². The minimum atomic E-state index is -0.239. The Balaban J connectivity index is 2.76. The van der Waals surface area contributed by atoms with Gasteiger partial charge in [0.15, 0.2) is 0 Å². The minimum absolute atomic E-state index is 0.142. The van der Waals surface area contributed by atoms with E-state index in [0.717, 1.165) is 0 Å². The zero-order valence-corrected chi connectivity index (χ0v) is 9.41. The van der Waals surface area contributed by atoms with Crippen LogP contribution in [-0.2, 0) is 4.79 Å². The van der Waals surface area contributed by atoms with Crippen molar-refractivity contribution in [1.29, 1.82) is 0 Å². The zero-order valence-electron chi connectivity index (χ0n) is 8.66. The highest BCUT2D eigenvalue weighted by atomic mass is 35.5. The molecule has 0 aliphatic rings. The molecule has 1 aromatic heterocycles. The number of aromatic nitrogens is 1. The Hall–Kier alpha value is -1.29. The second-order valence-electron chi connectivity index (χ2n) is 3.10. The lowest BCUT2D eigenvalue weighted by molar-refractivity contribution is -0.118. The number of ether oxygens (including phenoxy) is 1. The lowest BCUT2D eigenvalue weighted by Gasteiger charge is -2.11. The minimum Gasteiger partial charge on any atom is -0.480 e. The largest absolute Gasteiger partial charge is 0.480 e. The zero-order chi connectivity index (χ0) is 11.3. The Labute approximate surface area is 93.6 Å². The number of alkyl halides is 1. The molecule has 0 saturated carbocycles. The first kappa shape index (κ1) is 11.8. The summed E-state index contributed by atoms with van der Waals surface area (Å²) >= 11 is 5.58. The fourth-order valence-electron chi connectivity index (χ4n) is 0.975. The van der Waals surface area contributed by atoms with E-state index in [1.807, 2.05) is 0 Å². The number of hydrogen-bond donors (Lipinski definition) is 1. The molecule has 0 spiro atoms. The topological polar surface area (TPSA) is 51.2 Å². The van der Waals surface area contributed by atoms with Crippen molar-refractivity contribution in [2.24, 2.45) is 5.92 Å². The van der Waals surface area contributed by atoms with Gasteiger partial charge in [-0.3, -0.25) is 4.79 Å². The predicted molar refractivity (Wildman–Crippen MR) is 59.3 cm³/mol. The fourth-order valence-corrected chi connectivity index (χ4v) is 1.11. The Kier molecular flexibility index (Phi) is 4.37. The molecule has 0 fully saturated rings. The van der Waals surface area contributed by atoms with Gasteiger partial charge in [-0.1, -0.05) is 6.92 Å². The van der Waals surface area contributed by atoms with Crippen LogP contribution in [0.1, 0.15) is 6.92 Å². The van der Waals surface area contributed by atoms with Crippen molar-refractivity contribution in [1.82, 2.24) is 4.98 Å². The van der Waals surface area contributed by atoms with Gasteiger partial charge >= 0.3 is 0 Å². The van der Waals surface area contributed by atoms with Crippen LogP contribution in [0.25, 0.3) is 0 Å². The molecular formula is C10H13ClN2O2. The van der Waals surface area contributed by atoms with Crippen LogP contribution in [0.2, 0.25) is 0 Å². The molecular weight excluding hydrogens is 216 g/mol. The van der Waals surface area contributed by atoms with Crippen molar-refractivity contribution in [3.63, 3.8) is 0 Å². The third kappa shape index (κ3) is 3.09. The fraction of sp³-hybridized carbons (Fsp3) is 0.400. The van der Waals surface area contributed by atoms with Crippen LogP contribution >= 0.6 is 11.6 Å². The molecule has 1 heterocycles. The van der Waals surface area contributed by atoms with E-state index in [1.165, 1.54) is 7.11 Å². The van der Waals surface area contributed by atoms with Crippen LogP contribution in [0.3, 0.4) is 0 Å². The first-order valence-corrected chi connectivity index (χ1v) is 5.08. The number of amides is 1. The van der Waals surface area contributed by atoms with Crippen LogP contribution in [0.15, 0.2) is 18.3 Å². The maximum Gasteiger partial charge on any atom is 0.237 e. The average Bonchev–Trinajstić information content (AvgIpc) is 2.28. The quantitative estimate of drug-likeness (QED) is 0.801. The number of carbonyl (C=O) groups is 1. The molecule has 1 unspecified atom stereocenters. The first-order valence-electron chi connectivity index (χ1n) is 4.55. The lowest BCUT2D eigenvalue weighted by Crippen LogP contribution is -2.21. The highest BCUT2D eigenvalue weighted by Crippen LogP contribution is 2.20. The number of carbonyl (C=O) groups excluding carboxylic acids is 1. The molecule has 1 rings (SSSR count). The number of anilines is 1. The number of rotatable bonds is 4. The number of hydrogen-bond acceptors (Lipinski definition) is 3. The molecule has 0 aliphatic carbocycles. The monoisotopic (exact) mass is 228 g/mol. The number of nitrogens with one attached hydrogen (secondary N) is 1. The summed E-state index contributed by atoms with van der Waals surface area (Å²) in [5.41, 5.74) is 0.557. The van der Waals surface area contributed by atoms with E-state index in [9.17, 15) is 4.79 Å². The molecule has 0 saturated heterocycles. The highest BCUT2D eigenvalue weighted by molar-refractivity contribution is 6.19. The summed E-state index contributed by atoms with van der Waals surface area (Å²) in [7, 11) is 1.50. The Morgan fingerprint density at radius 3 is 3.07 bits per heavy atom. The molecule has 0 aromatic carbocycles. The Morgan fingerprint density at radius 1 is 1.73 bits per heavy atom. The van der Waals surface area contributed by atoms with Crippen molar-refractivity contribution in [3.05, 3.63) is 18.3 Å². The maximum absolute atomic E-state index is 11.5. The van der Waals surface area contributed by atoms with Crippen LogP contribution in [0.4, 0.5) is 5.69 Å². The molecule has 82 valence electrons. The Morgan fingerprint density at radius 2 is 2.47 bits per heavy atom. The summed E-state index contributed by atoms with van der Waals surface area (Å²) in [6.45, 7) is 1.76. The predicted octanol–water partition coefficient (Wildman–Crippen LogP) is 1.90. The van der Waals surface area contributed by atoms with E-state index in [0.29, 0.717) is 11.6 Å². The summed E-state index contributed by atoms with van der Waals surface area (Å²) in [4.78, 5) is 15.5. The lowest BCUT2D eigenvalue weighted by atomic mass is 10.2. The summed E-state index contributed by atoms with van der Waals surface area (Å²) < 4.78 is 5.00. The van der Waals surface area contributed by atoms with E-state index in [2.05, 4.69) is 10.3 Å². The van der Waals surface area contributed by atoms with E-state index in [-0.39, 0.29) is 17.7 Å². The van der Waals surface area contributed by atoms with Gasteiger partial charge in [-0.25, -0.2) is 4.98 Å². The number of nitrogens with zero attached hydrogens (tertiary/aromatic N) is 1. The standard InChI is InChI=1S/C10H13ClN2O2/c1-7(6-11)9(14)13-8-4-3-5-12-10(8)15-2/h3-5,7H,6H2,1-2H3,(H,13,14). The number of pyridine rings is 1. The van der Waals surface area contributed by atoms with Gasteiger partial charge in [0.05, 0.1) is 7.11 Å². The molecule has 5 heteroatoms. The molecule has 0 radical (unpaired) electrons. The molecule has 15 heavy (non-hydrogen) atoms. The van der Waals surface area contributed by atoms with Crippen molar-refractivity contribution >= 4 is 23.2 Å². The average molecular weight is 229 g/mol. The third-order valence-corrected chi connectivity index (χ3v) is 2.36. The molecule has 1 aromatic rings. The van der Waals surface area contributed by atoms with Gasteiger partial charge in [-0.05, 0) is 12.1 Å². The van der Waals surface area contributed by atoms with Gasteiger partial charge in [0.1, 0.15) is 5.69 Å². The molecule has 1 atom stereocenters. The van der Waals surface area contributed by atoms with Gasteiger partial charge < -0.3 is 10.1 Å². The maximum atomic E-state index is 11.5. The van der Waals surface area contributed by atoms with Crippen LogP contribution in [0, 0.1) is 5.92 Å². The normalized spacial score (nSPS) is 11.9. The number of methoxy groups -OCH3 is 1. The Bertz CT molecular complexity index is 344. The highest BCUT2D eigenvalue weighted by Gasteiger charge is 2.13. The van der Waals surface area contributed by atoms with Gasteiger partial charge in [0.2, 0.25) is 11.8 Å². The molecule has 1 N–H and O–H groups in total. The van der Waals surface area contributed by atoms with Crippen LogP contribution < -0.4 is 10.1 Å². The SMILES string of the molecule is COc1ncccc1NC(=O)C(C)CCl. The molecule has 0 bridgehead atoms. The van der Waals surface area contributed by atoms with Gasteiger partial charge in [-0.2, -0.15) is 0 Å². The number of halogens is 1. The smallest absolute Gasteiger partial charge is 0.237 e. The van der Waals surface area contributed by atoms with Crippen LogP contribution in [-0.4, -0.2) is 23.9 Å². The molecule has 0 aliphatic heterocycles. The third-order valence-electron chi connectivity index (χ3n) is 1.90. The van der Waals surface area contributed by atoms with E-state index < -0.39 is 0 Å². The van der Waals surface area contributed by atoms with E-state index >= 15 is 0 Å². The van der Waals surface area contributed by atoms with E-state index in [4.69, 9.17) is 16.3 Å². The van der Waals surface area contributed by atoms with Gasteiger partial charge in [-0.15, -0.1) is 11.6 Å². The van der Waals surface area contributed by atoms with Crippen molar-refractivity contribution in [3.8, 4) is 5.88 Å². The summed E-state index contributed by atoms with van der Waals surface area (Å²) in [6.07, 6.45) is 1.60. The molecule has 1 amide bonds. The van der Waals surface area contributed by atoms with Crippen LogP contribution in [0.5, 0.6) is 5.88 Å². The first-order chi connectivity index (χ1) is 7.19. The molecule has 4 nitrogen and oxygen atoms in total. The van der Waals surface area contributed by atoms with Gasteiger partial charge in [0.25, 0.3) is 0 Å². The van der Waals surface area contributed by atoms with Gasteiger partial charge in [0, 0.05) is 18.0 Å². The second kappa shape index (κ2) is 5.56. The van der Waals surface area contributed by atoms with Crippen molar-refractivity contribution in [2.45, 2.75) is 6.92 Å². The van der Waals surface area contributed by atoms with Crippen molar-refractivity contribution in [2.75, 3.05) is 18.3 Å². The summed E-state index contributed by atoms with van der Waals surface area (Å²) in [5, 5.41) is 2.70. The second-order valence-corrected chi connectivity index (χ2v) is 3.41. The summed E-state index contributed by atoms with van der Waals surface area (Å²) in [6, 6.07) is 3.45.